The highest BCUT2D eigenvalue weighted by molar-refractivity contribution is 6.13. The van der Waals surface area contributed by atoms with Crippen molar-refractivity contribution in [2.45, 2.75) is 0 Å². The van der Waals surface area contributed by atoms with Crippen LogP contribution in [0.15, 0.2) is 168 Å². The van der Waals surface area contributed by atoms with E-state index in [9.17, 15) is 4.11 Å². The Labute approximate surface area is 298 Å². The molecule has 8 aromatic carbocycles. The van der Waals surface area contributed by atoms with Crippen molar-refractivity contribution in [1.82, 2.24) is 15.0 Å². The van der Waals surface area contributed by atoms with Gasteiger partial charge >= 0.3 is 0 Å². The molecule has 0 aliphatic carbocycles. The van der Waals surface area contributed by atoms with Gasteiger partial charge in [0.15, 0.2) is 17.5 Å². The van der Waals surface area contributed by atoms with Gasteiger partial charge < -0.3 is 4.42 Å². The maximum absolute atomic E-state index is 9.68. The van der Waals surface area contributed by atoms with Crippen LogP contribution >= 0.6 is 0 Å². The number of fused-ring (bicyclic) bond motifs is 6. The summed E-state index contributed by atoms with van der Waals surface area (Å²) in [6.07, 6.45) is 0. The van der Waals surface area contributed by atoms with Crippen LogP contribution in [-0.2, 0) is 0 Å². The van der Waals surface area contributed by atoms with Gasteiger partial charge in [-0.1, -0.05) is 133 Å². The first-order valence-corrected chi connectivity index (χ1v) is 15.5. The molecule has 0 aliphatic rings. The van der Waals surface area contributed by atoms with Crippen molar-refractivity contribution in [2.24, 2.45) is 0 Å². The lowest BCUT2D eigenvalue weighted by atomic mass is 9.96. The number of furan rings is 1. The predicted molar refractivity (Wildman–Crippen MR) is 201 cm³/mol. The largest absolute Gasteiger partial charge is 0.456 e. The van der Waals surface area contributed by atoms with Crippen molar-refractivity contribution in [3.05, 3.63) is 164 Å². The van der Waals surface area contributed by atoms with Crippen molar-refractivity contribution < 1.29 is 20.9 Å². The summed E-state index contributed by atoms with van der Waals surface area (Å²) in [5.74, 6) is -0.536. The fourth-order valence-corrected chi connectivity index (χ4v) is 6.20. The molecule has 0 atom stereocenters. The highest BCUT2D eigenvalue weighted by atomic mass is 16.3. The Morgan fingerprint density at radius 2 is 1.22 bits per heavy atom. The first-order chi connectivity index (χ1) is 29.3. The summed E-state index contributed by atoms with van der Waals surface area (Å²) in [6.45, 7) is 0. The lowest BCUT2D eigenvalue weighted by Crippen LogP contribution is -2.00. The second-order valence-corrected chi connectivity index (χ2v) is 11.5. The van der Waals surface area contributed by atoms with Crippen LogP contribution < -0.4 is 0 Å². The van der Waals surface area contributed by atoms with E-state index in [2.05, 4.69) is 0 Å². The molecule has 0 saturated heterocycles. The normalized spacial score (nSPS) is 15.1. The van der Waals surface area contributed by atoms with E-state index in [1.807, 2.05) is 66.7 Å². The second-order valence-electron chi connectivity index (χ2n) is 11.5. The molecular formula is C45H27N3O. The van der Waals surface area contributed by atoms with Crippen LogP contribution in [0, 0.1) is 0 Å². The molecule has 0 unspecified atom stereocenters. The Hall–Kier alpha value is -6.65. The molecule has 0 fully saturated rings. The zero-order valence-corrected chi connectivity index (χ0v) is 25.4. The molecule has 0 aliphatic heterocycles. The third kappa shape index (κ3) is 4.65. The number of benzene rings is 8. The first kappa shape index (κ1) is 18.0. The predicted octanol–water partition coefficient (Wildman–Crippen LogP) is 11.9. The van der Waals surface area contributed by atoms with Crippen LogP contribution in [-0.4, -0.2) is 15.0 Å². The van der Waals surface area contributed by atoms with Crippen LogP contribution in [0.1, 0.15) is 16.4 Å². The molecule has 0 spiro atoms. The molecule has 4 heteroatoms. The summed E-state index contributed by atoms with van der Waals surface area (Å²) in [4.78, 5) is 14.3. The van der Waals surface area contributed by atoms with Gasteiger partial charge in [-0.2, -0.15) is 0 Å². The van der Waals surface area contributed by atoms with Crippen LogP contribution in [0.2, 0.25) is 0 Å². The first-order valence-electron chi connectivity index (χ1n) is 21.5. The molecule has 10 aromatic rings. The zero-order chi connectivity index (χ0) is 42.8. The Bertz CT molecular complexity index is 3580. The van der Waals surface area contributed by atoms with E-state index in [4.69, 9.17) is 31.7 Å². The van der Waals surface area contributed by atoms with Gasteiger partial charge in [0.25, 0.3) is 0 Å². The molecule has 0 saturated carbocycles. The van der Waals surface area contributed by atoms with Gasteiger partial charge in [0.2, 0.25) is 0 Å². The molecule has 4 nitrogen and oxygen atoms in total. The number of rotatable bonds is 4. The Kier molecular flexibility index (Phi) is 4.04. The van der Waals surface area contributed by atoms with E-state index in [0.717, 1.165) is 21.5 Å². The fourth-order valence-electron chi connectivity index (χ4n) is 6.20. The van der Waals surface area contributed by atoms with Crippen LogP contribution in [0.5, 0.6) is 0 Å². The van der Waals surface area contributed by atoms with Crippen LogP contribution in [0.25, 0.3) is 99.5 Å². The van der Waals surface area contributed by atoms with E-state index in [0.29, 0.717) is 11.1 Å². The summed E-state index contributed by atoms with van der Waals surface area (Å²) in [5.41, 5.74) is 0.209. The minimum atomic E-state index is -0.576. The lowest BCUT2D eigenvalue weighted by molar-refractivity contribution is 0.669. The number of aromatic nitrogens is 3. The average Bonchev–Trinajstić information content (AvgIpc) is 3.67. The van der Waals surface area contributed by atoms with Crippen molar-refractivity contribution >= 4 is 54.3 Å². The monoisotopic (exact) mass is 637 g/mol. The zero-order valence-electron chi connectivity index (χ0n) is 37.4. The molecule has 49 heavy (non-hydrogen) atoms. The average molecular weight is 638 g/mol. The van der Waals surface area contributed by atoms with Gasteiger partial charge in [0.1, 0.15) is 11.2 Å². The van der Waals surface area contributed by atoms with Crippen LogP contribution in [0.3, 0.4) is 0 Å². The third-order valence-corrected chi connectivity index (χ3v) is 8.54. The van der Waals surface area contributed by atoms with Crippen molar-refractivity contribution in [2.75, 3.05) is 0 Å². The Balaban J connectivity index is 1.35. The number of hydrogen-bond acceptors (Lipinski definition) is 4. The molecule has 0 bridgehead atoms. The van der Waals surface area contributed by atoms with E-state index in [1.54, 1.807) is 18.2 Å². The number of hydrogen-bond donors (Lipinski definition) is 0. The Morgan fingerprint density at radius 3 is 2.16 bits per heavy atom. The van der Waals surface area contributed by atoms with Crippen molar-refractivity contribution in [1.29, 1.82) is 0 Å². The van der Waals surface area contributed by atoms with E-state index in [-0.39, 0.29) is 97.1 Å². The molecule has 0 radical (unpaired) electrons. The van der Waals surface area contributed by atoms with Gasteiger partial charge in [-0.25, -0.2) is 15.0 Å². The quantitative estimate of drug-likeness (QED) is 0.193. The van der Waals surface area contributed by atoms with E-state index in [1.165, 1.54) is 6.07 Å². The van der Waals surface area contributed by atoms with E-state index < -0.39 is 42.3 Å². The highest BCUT2D eigenvalue weighted by Gasteiger charge is 2.19. The molecule has 2 aromatic heterocycles. The molecule has 0 N–H and O–H groups in total. The summed E-state index contributed by atoms with van der Waals surface area (Å²) in [5, 5.41) is 3.08. The molecule has 2 heterocycles. The Morgan fingerprint density at radius 1 is 0.429 bits per heavy atom. The van der Waals surface area contributed by atoms with Gasteiger partial charge in [-0.05, 0) is 73.7 Å². The van der Waals surface area contributed by atoms with Crippen molar-refractivity contribution in [3.63, 3.8) is 0 Å². The lowest BCUT2D eigenvalue weighted by Gasteiger charge is -2.11. The number of nitrogens with zero attached hydrogens (tertiary/aromatic N) is 3. The third-order valence-electron chi connectivity index (χ3n) is 8.54. The maximum Gasteiger partial charge on any atom is 0.164 e. The highest BCUT2D eigenvalue weighted by Crippen LogP contribution is 2.39. The van der Waals surface area contributed by atoms with Gasteiger partial charge in [-0.3, -0.25) is 0 Å². The summed E-state index contributed by atoms with van der Waals surface area (Å²) >= 11 is 0. The summed E-state index contributed by atoms with van der Waals surface area (Å²) in [6, 6.07) is 21.9. The standard InChI is InChI=1S/C45H27N3O/c1-3-12-31-25-34(21-19-28(31)9-1)43-46-44(35-22-20-29-10-2-4-13-32(29)26-35)48-45(47-43)38-17-8-18-41-42(38)39-27-33(23-24-40(39)49-41)37-16-7-14-30-11-5-6-15-36(30)37/h1-27H/i1D,3D,8D,9D,17D,18D,19D,21D,23D,24D,25D,27D. The SMILES string of the molecule is [2H]c1cc2c([2H])c(-c3nc(-c4ccc5ccccc5c4)nc(-c4c([2H])c([2H])c([2H])c5oc6c([2H])c([2H])c(-c7cccc8ccccc78)c([2H])c6c45)n3)c([2H])c([2H])c2c([2H])c1[2H]. The van der Waals surface area contributed by atoms with Gasteiger partial charge in [-0.15, -0.1) is 0 Å². The molecule has 10 rings (SSSR count). The smallest absolute Gasteiger partial charge is 0.164 e. The molecular weight excluding hydrogens is 599 g/mol. The van der Waals surface area contributed by atoms with Crippen LogP contribution in [0.4, 0.5) is 0 Å². The fraction of sp³-hybridized carbons (Fsp3) is 0. The van der Waals surface area contributed by atoms with Gasteiger partial charge in [0.05, 0.1) is 16.4 Å². The summed E-state index contributed by atoms with van der Waals surface area (Å²) in [7, 11) is 0. The topological polar surface area (TPSA) is 51.8 Å². The minimum Gasteiger partial charge on any atom is -0.456 e. The van der Waals surface area contributed by atoms with Gasteiger partial charge in [0, 0.05) is 27.5 Å². The van der Waals surface area contributed by atoms with Crippen molar-refractivity contribution in [3.8, 4) is 45.3 Å². The summed E-state index contributed by atoms with van der Waals surface area (Å²) < 4.78 is 114. The maximum atomic E-state index is 9.68. The second kappa shape index (κ2) is 11.0. The minimum absolute atomic E-state index is 0.0104. The molecule has 0 amide bonds. The van der Waals surface area contributed by atoms with E-state index >= 15 is 0 Å². The molecule has 228 valence electrons.